The molecule has 4 nitrogen and oxygen atoms in total. The first-order valence-electron chi connectivity index (χ1n) is 5.46. The topological polar surface area (TPSA) is 44.1 Å². The molecule has 6 heteroatoms. The van der Waals surface area contributed by atoms with Crippen LogP contribution in [-0.4, -0.2) is 22.1 Å². The van der Waals surface area contributed by atoms with E-state index in [-0.39, 0.29) is 5.97 Å². The van der Waals surface area contributed by atoms with Crippen molar-refractivity contribution in [1.82, 2.24) is 9.55 Å². The van der Waals surface area contributed by atoms with Gasteiger partial charge in [0, 0.05) is 29.7 Å². The molecule has 18 heavy (non-hydrogen) atoms. The first kappa shape index (κ1) is 13.5. The molecule has 0 aliphatic carbocycles. The average Bonchev–Trinajstić information content (AvgIpc) is 2.62. The second-order valence-corrected chi connectivity index (χ2v) is 5.13. The molecule has 0 aliphatic heterocycles. The van der Waals surface area contributed by atoms with Gasteiger partial charge in [-0.05, 0) is 28.9 Å². The zero-order chi connectivity index (χ0) is 13.3. The zero-order valence-electron chi connectivity index (χ0n) is 10.0. The van der Waals surface area contributed by atoms with Gasteiger partial charge in [0.1, 0.15) is 4.60 Å². The summed E-state index contributed by atoms with van der Waals surface area (Å²) in [5, 5.41) is 1.40. The highest BCUT2D eigenvalue weighted by molar-refractivity contribution is 9.10. The number of esters is 1. The van der Waals surface area contributed by atoms with Gasteiger partial charge in [0.05, 0.1) is 17.7 Å². The van der Waals surface area contributed by atoms with E-state index in [0.29, 0.717) is 17.5 Å². The Morgan fingerprint density at radius 3 is 2.89 bits per heavy atom. The fourth-order valence-corrected chi connectivity index (χ4v) is 2.92. The van der Waals surface area contributed by atoms with Gasteiger partial charge < -0.3 is 9.30 Å². The van der Waals surface area contributed by atoms with E-state index >= 15 is 0 Å². The van der Waals surface area contributed by atoms with Crippen molar-refractivity contribution in [2.24, 2.45) is 7.05 Å². The van der Waals surface area contributed by atoms with Crippen LogP contribution in [0.5, 0.6) is 0 Å². The Kier molecular flexibility index (Phi) is 4.07. The van der Waals surface area contributed by atoms with Gasteiger partial charge in [-0.2, -0.15) is 0 Å². The Morgan fingerprint density at radius 1 is 1.56 bits per heavy atom. The van der Waals surface area contributed by atoms with Gasteiger partial charge >= 0.3 is 5.97 Å². The second-order valence-electron chi connectivity index (χ2n) is 3.76. The van der Waals surface area contributed by atoms with Crippen LogP contribution in [0.2, 0.25) is 0 Å². The second kappa shape index (κ2) is 5.40. The molecular weight excluding hydrogens is 364 g/mol. The number of alkyl halides is 1. The maximum Gasteiger partial charge on any atom is 0.340 e. The van der Waals surface area contributed by atoms with Gasteiger partial charge in [0.2, 0.25) is 0 Å². The normalized spacial score (nSPS) is 10.9. The minimum atomic E-state index is -0.304. The fourth-order valence-electron chi connectivity index (χ4n) is 1.95. The number of halogens is 2. The Bertz CT molecular complexity index is 608. The summed E-state index contributed by atoms with van der Waals surface area (Å²) >= 11 is 6.75. The van der Waals surface area contributed by atoms with Crippen LogP contribution in [0, 0.1) is 0 Å². The number of hydrogen-bond acceptors (Lipinski definition) is 3. The molecule has 0 spiro atoms. The van der Waals surface area contributed by atoms with Gasteiger partial charge in [0.15, 0.2) is 0 Å². The molecule has 2 heterocycles. The smallest absolute Gasteiger partial charge is 0.340 e. The highest BCUT2D eigenvalue weighted by Crippen LogP contribution is 2.28. The van der Waals surface area contributed by atoms with Crippen LogP contribution < -0.4 is 0 Å². The molecule has 2 aromatic heterocycles. The molecule has 0 bridgehead atoms. The molecule has 0 atom stereocenters. The molecule has 0 amide bonds. The quantitative estimate of drug-likeness (QED) is 0.469. The number of hydrogen-bond donors (Lipinski definition) is 0. The number of ether oxygens (including phenoxy) is 1. The van der Waals surface area contributed by atoms with E-state index < -0.39 is 0 Å². The molecule has 0 saturated heterocycles. The zero-order valence-corrected chi connectivity index (χ0v) is 13.2. The molecule has 0 unspecified atom stereocenters. The van der Waals surface area contributed by atoms with E-state index in [9.17, 15) is 4.79 Å². The summed E-state index contributed by atoms with van der Waals surface area (Å²) in [4.78, 5) is 16.2. The number of aromatic nitrogens is 2. The van der Waals surface area contributed by atoms with Crippen LogP contribution in [0.1, 0.15) is 23.0 Å². The minimum absolute atomic E-state index is 0.304. The summed E-state index contributed by atoms with van der Waals surface area (Å²) in [5.41, 5.74) is 2.43. The largest absolute Gasteiger partial charge is 0.462 e. The fraction of sp³-hybridized carbons (Fsp3) is 0.333. The van der Waals surface area contributed by atoms with E-state index in [4.69, 9.17) is 4.74 Å². The first-order chi connectivity index (χ1) is 8.60. The highest BCUT2D eigenvalue weighted by atomic mass is 79.9. The molecule has 0 N–H and O–H groups in total. The molecule has 2 aromatic rings. The predicted molar refractivity (Wildman–Crippen MR) is 77.0 cm³/mol. The lowest BCUT2D eigenvalue weighted by Gasteiger charge is -2.03. The number of nitrogens with zero attached hydrogens (tertiary/aromatic N) is 2. The standard InChI is InChI=1S/C12H12Br2N2O2/c1-3-18-12(17)11-7-6-15-10(14)4-8(7)16(2)9(11)5-13/h4,6H,3,5H2,1-2H3. The van der Waals surface area contributed by atoms with Gasteiger partial charge in [-0.25, -0.2) is 9.78 Å². The van der Waals surface area contributed by atoms with Crippen molar-refractivity contribution in [1.29, 1.82) is 0 Å². The maximum absolute atomic E-state index is 12.0. The molecule has 0 fully saturated rings. The Hall–Kier alpha value is -0.880. The Balaban J connectivity index is 2.73. The van der Waals surface area contributed by atoms with Crippen LogP contribution in [0.3, 0.4) is 0 Å². The number of carbonyl (C=O) groups excluding carboxylic acids is 1. The number of pyridine rings is 1. The number of fused-ring (bicyclic) bond motifs is 1. The van der Waals surface area contributed by atoms with Gasteiger partial charge in [0.25, 0.3) is 0 Å². The van der Waals surface area contributed by atoms with E-state index in [1.807, 2.05) is 17.7 Å². The van der Waals surface area contributed by atoms with Crippen molar-refractivity contribution in [3.05, 3.63) is 28.1 Å². The molecular formula is C12H12Br2N2O2. The Morgan fingerprint density at radius 2 is 2.28 bits per heavy atom. The van der Waals surface area contributed by atoms with E-state index in [1.54, 1.807) is 13.1 Å². The maximum atomic E-state index is 12.0. The van der Waals surface area contributed by atoms with Crippen LogP contribution in [0.4, 0.5) is 0 Å². The Labute approximate surface area is 122 Å². The van der Waals surface area contributed by atoms with Gasteiger partial charge in [-0.3, -0.25) is 0 Å². The van der Waals surface area contributed by atoms with Crippen molar-refractivity contribution < 1.29 is 9.53 Å². The number of carbonyl (C=O) groups is 1. The summed E-state index contributed by atoms with van der Waals surface area (Å²) in [6.45, 7) is 2.16. The molecule has 2 rings (SSSR count). The predicted octanol–water partition coefficient (Wildman–Crippen LogP) is 3.41. The summed E-state index contributed by atoms with van der Waals surface area (Å²) in [6.07, 6.45) is 1.69. The van der Waals surface area contributed by atoms with E-state index in [2.05, 4.69) is 36.8 Å². The molecule has 0 radical (unpaired) electrons. The molecule has 0 aliphatic rings. The van der Waals surface area contributed by atoms with Crippen molar-refractivity contribution in [2.75, 3.05) is 6.61 Å². The summed E-state index contributed by atoms with van der Waals surface area (Å²) in [6, 6.07) is 1.89. The third-order valence-electron chi connectivity index (χ3n) is 2.78. The van der Waals surface area contributed by atoms with Crippen LogP contribution >= 0.6 is 31.9 Å². The SMILES string of the molecule is CCOC(=O)c1c(CBr)n(C)c2cc(Br)ncc12. The van der Waals surface area contributed by atoms with Gasteiger partial charge in [-0.1, -0.05) is 15.9 Å². The molecule has 96 valence electrons. The lowest BCUT2D eigenvalue weighted by atomic mass is 10.2. The van der Waals surface area contributed by atoms with Crippen molar-refractivity contribution >= 4 is 48.7 Å². The summed E-state index contributed by atoms with van der Waals surface area (Å²) in [5.74, 6) is -0.304. The van der Waals surface area contributed by atoms with Crippen molar-refractivity contribution in [3.63, 3.8) is 0 Å². The lowest BCUT2D eigenvalue weighted by molar-refractivity contribution is 0.0527. The minimum Gasteiger partial charge on any atom is -0.462 e. The number of aryl methyl sites for hydroxylation is 1. The average molecular weight is 376 g/mol. The van der Waals surface area contributed by atoms with E-state index in [0.717, 1.165) is 21.2 Å². The van der Waals surface area contributed by atoms with Crippen molar-refractivity contribution in [2.45, 2.75) is 12.3 Å². The summed E-state index contributed by atoms with van der Waals surface area (Å²) in [7, 11) is 1.92. The third-order valence-corrected chi connectivity index (χ3v) is 3.74. The monoisotopic (exact) mass is 374 g/mol. The third kappa shape index (κ3) is 2.19. The van der Waals surface area contributed by atoms with Gasteiger partial charge in [-0.15, -0.1) is 0 Å². The molecule has 0 aromatic carbocycles. The molecule has 0 saturated carbocycles. The van der Waals surface area contributed by atoms with E-state index in [1.165, 1.54) is 0 Å². The highest BCUT2D eigenvalue weighted by Gasteiger charge is 2.21. The van der Waals surface area contributed by atoms with Crippen molar-refractivity contribution in [3.8, 4) is 0 Å². The van der Waals surface area contributed by atoms with Crippen LogP contribution in [0.15, 0.2) is 16.9 Å². The summed E-state index contributed by atoms with van der Waals surface area (Å²) < 4.78 is 7.83. The first-order valence-corrected chi connectivity index (χ1v) is 7.37. The van der Waals surface area contributed by atoms with Crippen LogP contribution in [-0.2, 0) is 17.1 Å². The lowest BCUT2D eigenvalue weighted by Crippen LogP contribution is -2.07. The van der Waals surface area contributed by atoms with Crippen LogP contribution in [0.25, 0.3) is 10.9 Å². The number of rotatable bonds is 3.